The van der Waals surface area contributed by atoms with Gasteiger partial charge < -0.3 is 9.42 Å². The first-order valence-corrected chi connectivity index (χ1v) is 8.00. The van der Waals surface area contributed by atoms with Gasteiger partial charge in [0.15, 0.2) is 5.82 Å². The predicted molar refractivity (Wildman–Crippen MR) is 81.7 cm³/mol. The lowest BCUT2D eigenvalue weighted by atomic mass is 10.1. The standard InChI is InChI=1S/C17H19N3O2/c21-15-10-13(11-20(15)14-8-2-1-3-9-14)16-18-17(22-19-16)12-6-4-5-7-12/h1-3,8-9,12-13H,4-7,10-11H2/t13-/m0/s1. The second kappa shape index (κ2) is 5.55. The molecule has 0 bridgehead atoms. The van der Waals surface area contributed by atoms with E-state index in [0.717, 1.165) is 24.4 Å². The van der Waals surface area contributed by atoms with Crippen LogP contribution in [0.4, 0.5) is 5.69 Å². The zero-order chi connectivity index (χ0) is 14.9. The monoisotopic (exact) mass is 297 g/mol. The van der Waals surface area contributed by atoms with Crippen LogP contribution in [0.5, 0.6) is 0 Å². The number of carbonyl (C=O) groups excluding carboxylic acids is 1. The summed E-state index contributed by atoms with van der Waals surface area (Å²) in [6, 6.07) is 9.76. The average molecular weight is 297 g/mol. The van der Waals surface area contributed by atoms with Crippen molar-refractivity contribution in [1.29, 1.82) is 0 Å². The Morgan fingerprint density at radius 1 is 1.09 bits per heavy atom. The number of amides is 1. The van der Waals surface area contributed by atoms with Gasteiger partial charge in [0.05, 0.1) is 0 Å². The van der Waals surface area contributed by atoms with Gasteiger partial charge in [0, 0.05) is 30.5 Å². The minimum atomic E-state index is 0.0339. The fourth-order valence-corrected chi connectivity index (χ4v) is 3.49. The van der Waals surface area contributed by atoms with Crippen LogP contribution in [0.1, 0.15) is 55.7 Å². The van der Waals surface area contributed by atoms with Gasteiger partial charge in [0.1, 0.15) is 0 Å². The van der Waals surface area contributed by atoms with Crippen LogP contribution in [0.2, 0.25) is 0 Å². The van der Waals surface area contributed by atoms with Gasteiger partial charge in [-0.2, -0.15) is 4.98 Å². The normalized spacial score (nSPS) is 22.6. The molecule has 0 spiro atoms. The Labute approximate surface area is 129 Å². The van der Waals surface area contributed by atoms with Crippen molar-refractivity contribution in [3.8, 4) is 0 Å². The highest BCUT2D eigenvalue weighted by molar-refractivity contribution is 5.96. The number of aromatic nitrogens is 2. The van der Waals surface area contributed by atoms with Crippen molar-refractivity contribution in [3.63, 3.8) is 0 Å². The molecular weight excluding hydrogens is 278 g/mol. The van der Waals surface area contributed by atoms with Crippen LogP contribution in [-0.2, 0) is 4.79 Å². The molecule has 1 aromatic heterocycles. The Morgan fingerprint density at radius 2 is 1.86 bits per heavy atom. The predicted octanol–water partition coefficient (Wildman–Crippen LogP) is 3.25. The maximum Gasteiger partial charge on any atom is 0.229 e. The molecule has 0 radical (unpaired) electrons. The molecule has 1 saturated heterocycles. The summed E-state index contributed by atoms with van der Waals surface area (Å²) in [5.41, 5.74) is 0.939. The maximum atomic E-state index is 12.3. The SMILES string of the molecule is O=C1C[C@H](c2noc(C3CCCC3)n2)CN1c1ccccc1. The van der Waals surface area contributed by atoms with Crippen LogP contribution >= 0.6 is 0 Å². The number of nitrogens with zero attached hydrogens (tertiary/aromatic N) is 3. The maximum absolute atomic E-state index is 12.3. The van der Waals surface area contributed by atoms with Crippen LogP contribution in [0, 0.1) is 0 Å². The zero-order valence-electron chi connectivity index (χ0n) is 12.4. The number of benzene rings is 1. The van der Waals surface area contributed by atoms with E-state index in [9.17, 15) is 4.79 Å². The van der Waals surface area contributed by atoms with Gasteiger partial charge in [0.25, 0.3) is 0 Å². The van der Waals surface area contributed by atoms with E-state index in [1.165, 1.54) is 12.8 Å². The molecule has 0 N–H and O–H groups in total. The van der Waals surface area contributed by atoms with E-state index < -0.39 is 0 Å². The van der Waals surface area contributed by atoms with E-state index in [1.54, 1.807) is 0 Å². The molecule has 1 atom stereocenters. The van der Waals surface area contributed by atoms with Gasteiger partial charge >= 0.3 is 0 Å². The van der Waals surface area contributed by atoms with Crippen molar-refractivity contribution in [1.82, 2.24) is 10.1 Å². The molecule has 1 aliphatic carbocycles. The summed E-state index contributed by atoms with van der Waals surface area (Å²) >= 11 is 0. The van der Waals surface area contributed by atoms with Crippen molar-refractivity contribution >= 4 is 11.6 Å². The molecule has 1 amide bonds. The molecule has 5 nitrogen and oxygen atoms in total. The molecule has 0 unspecified atom stereocenters. The molecule has 2 aromatic rings. The summed E-state index contributed by atoms with van der Waals surface area (Å²) in [5, 5.41) is 4.14. The van der Waals surface area contributed by atoms with Crippen molar-refractivity contribution in [3.05, 3.63) is 42.0 Å². The van der Waals surface area contributed by atoms with Crippen molar-refractivity contribution < 1.29 is 9.32 Å². The zero-order valence-corrected chi connectivity index (χ0v) is 12.4. The molecule has 4 rings (SSSR count). The third-order valence-electron chi connectivity index (χ3n) is 4.72. The fourth-order valence-electron chi connectivity index (χ4n) is 3.49. The highest BCUT2D eigenvalue weighted by Gasteiger charge is 2.35. The van der Waals surface area contributed by atoms with Crippen molar-refractivity contribution in [2.75, 3.05) is 11.4 Å². The number of rotatable bonds is 3. The van der Waals surface area contributed by atoms with E-state index in [2.05, 4.69) is 10.1 Å². The molecular formula is C17H19N3O2. The summed E-state index contributed by atoms with van der Waals surface area (Å²) in [6.45, 7) is 0.631. The van der Waals surface area contributed by atoms with E-state index >= 15 is 0 Å². The van der Waals surface area contributed by atoms with Crippen LogP contribution in [0.25, 0.3) is 0 Å². The summed E-state index contributed by atoms with van der Waals surface area (Å²) in [4.78, 5) is 18.7. The summed E-state index contributed by atoms with van der Waals surface area (Å²) in [5.74, 6) is 2.03. The van der Waals surface area contributed by atoms with Crippen molar-refractivity contribution in [2.24, 2.45) is 0 Å². The van der Waals surface area contributed by atoms with E-state index in [1.807, 2.05) is 35.2 Å². The summed E-state index contributed by atoms with van der Waals surface area (Å²) in [6.07, 6.45) is 5.22. The van der Waals surface area contributed by atoms with Crippen LogP contribution < -0.4 is 4.90 Å². The molecule has 1 saturated carbocycles. The third kappa shape index (κ3) is 2.40. The Kier molecular flexibility index (Phi) is 3.41. The number of carbonyl (C=O) groups is 1. The van der Waals surface area contributed by atoms with Gasteiger partial charge in [-0.25, -0.2) is 0 Å². The average Bonchev–Trinajstić information content (AvgIpc) is 3.28. The summed E-state index contributed by atoms with van der Waals surface area (Å²) < 4.78 is 5.45. The molecule has 2 heterocycles. The number of hydrogen-bond acceptors (Lipinski definition) is 4. The molecule has 114 valence electrons. The third-order valence-corrected chi connectivity index (χ3v) is 4.72. The van der Waals surface area contributed by atoms with Gasteiger partial charge in [-0.15, -0.1) is 0 Å². The Balaban J connectivity index is 1.51. The minimum Gasteiger partial charge on any atom is -0.339 e. The van der Waals surface area contributed by atoms with E-state index in [-0.39, 0.29) is 11.8 Å². The minimum absolute atomic E-state index is 0.0339. The molecule has 22 heavy (non-hydrogen) atoms. The molecule has 2 fully saturated rings. The van der Waals surface area contributed by atoms with Crippen LogP contribution in [-0.4, -0.2) is 22.6 Å². The van der Waals surface area contributed by atoms with E-state index in [0.29, 0.717) is 24.7 Å². The van der Waals surface area contributed by atoms with Gasteiger partial charge in [0.2, 0.25) is 11.8 Å². The second-order valence-corrected chi connectivity index (χ2v) is 6.21. The van der Waals surface area contributed by atoms with Crippen molar-refractivity contribution in [2.45, 2.75) is 43.9 Å². The number of anilines is 1. The Hall–Kier alpha value is -2.17. The molecule has 1 aliphatic heterocycles. The van der Waals surface area contributed by atoms with Gasteiger partial charge in [-0.05, 0) is 25.0 Å². The van der Waals surface area contributed by atoms with Crippen LogP contribution in [0.3, 0.4) is 0 Å². The van der Waals surface area contributed by atoms with Gasteiger partial charge in [-0.3, -0.25) is 4.79 Å². The molecule has 2 aliphatic rings. The first-order chi connectivity index (χ1) is 10.8. The Morgan fingerprint density at radius 3 is 2.64 bits per heavy atom. The smallest absolute Gasteiger partial charge is 0.229 e. The molecule has 5 heteroatoms. The highest BCUT2D eigenvalue weighted by Crippen LogP contribution is 2.35. The topological polar surface area (TPSA) is 59.2 Å². The number of hydrogen-bond donors (Lipinski definition) is 0. The van der Waals surface area contributed by atoms with E-state index in [4.69, 9.17) is 4.52 Å². The second-order valence-electron chi connectivity index (χ2n) is 6.21. The Bertz CT molecular complexity index is 662. The lowest BCUT2D eigenvalue weighted by Crippen LogP contribution is -2.24. The first kappa shape index (κ1) is 13.5. The highest BCUT2D eigenvalue weighted by atomic mass is 16.5. The van der Waals surface area contributed by atoms with Crippen LogP contribution in [0.15, 0.2) is 34.9 Å². The fraction of sp³-hybridized carbons (Fsp3) is 0.471. The quantitative estimate of drug-likeness (QED) is 0.872. The lowest BCUT2D eigenvalue weighted by Gasteiger charge is -2.15. The molecule has 1 aromatic carbocycles. The first-order valence-electron chi connectivity index (χ1n) is 8.00. The van der Waals surface area contributed by atoms with Gasteiger partial charge in [-0.1, -0.05) is 36.2 Å². The number of para-hydroxylation sites is 1. The summed E-state index contributed by atoms with van der Waals surface area (Å²) in [7, 11) is 0. The lowest BCUT2D eigenvalue weighted by molar-refractivity contribution is -0.117. The largest absolute Gasteiger partial charge is 0.339 e.